The fourth-order valence-electron chi connectivity index (χ4n) is 2.95. The van der Waals surface area contributed by atoms with Gasteiger partial charge in [0.2, 0.25) is 0 Å². The van der Waals surface area contributed by atoms with E-state index in [4.69, 9.17) is 4.74 Å². The van der Waals surface area contributed by atoms with Crippen LogP contribution in [0.15, 0.2) is 23.3 Å². The van der Waals surface area contributed by atoms with E-state index in [1.165, 1.54) is 68.9 Å². The summed E-state index contributed by atoms with van der Waals surface area (Å²) in [5, 5.41) is 3.19. The van der Waals surface area contributed by atoms with Crippen LogP contribution in [0.4, 0.5) is 0 Å². The molecule has 166 valence electrons. The number of carbonyl (C=O) groups is 1. The Kier molecular flexibility index (Phi) is 24.0. The molecule has 0 radical (unpaired) electrons. The van der Waals surface area contributed by atoms with Crippen molar-refractivity contribution in [2.45, 2.75) is 105 Å². The van der Waals surface area contributed by atoms with Gasteiger partial charge in [-0.05, 0) is 52.7 Å². The third kappa shape index (κ3) is 23.4. The van der Waals surface area contributed by atoms with Gasteiger partial charge in [-0.2, -0.15) is 0 Å². The second-order valence-electron chi connectivity index (χ2n) is 7.91. The molecular formula is C24H46BrNO2. The van der Waals surface area contributed by atoms with E-state index in [0.717, 1.165) is 25.8 Å². The second-order valence-corrected chi connectivity index (χ2v) is 7.91. The lowest BCUT2D eigenvalue weighted by Gasteiger charge is -2.06. The molecule has 0 aliphatic heterocycles. The highest BCUT2D eigenvalue weighted by atomic mass is 79.9. The van der Waals surface area contributed by atoms with Crippen LogP contribution in [0.3, 0.4) is 0 Å². The van der Waals surface area contributed by atoms with E-state index in [9.17, 15) is 4.79 Å². The van der Waals surface area contributed by atoms with Gasteiger partial charge in [0.1, 0.15) is 6.61 Å². The van der Waals surface area contributed by atoms with Gasteiger partial charge in [-0.15, -0.1) is 17.0 Å². The molecule has 0 rings (SSSR count). The Morgan fingerprint density at radius 2 is 1.43 bits per heavy atom. The predicted octanol–water partition coefficient (Wildman–Crippen LogP) is 7.31. The molecule has 0 aliphatic rings. The summed E-state index contributed by atoms with van der Waals surface area (Å²) in [6, 6.07) is 0. The summed E-state index contributed by atoms with van der Waals surface area (Å²) in [6.07, 6.45) is 19.7. The standard InChI is InChI=1S/C24H45NO2.BrH/c1-5-6-7-8-9-10-11-12-13-14-19-25-21-24(26)27-20-18-23(4)17-15-16-22(2)3;/h16,18,25H,5-15,17,19-21H2,1-4H3;1H/b23-18+;. The predicted molar refractivity (Wildman–Crippen MR) is 128 cm³/mol. The van der Waals surface area contributed by atoms with Crippen LogP contribution in [0.5, 0.6) is 0 Å². The van der Waals surface area contributed by atoms with Gasteiger partial charge in [-0.1, -0.05) is 81.9 Å². The van der Waals surface area contributed by atoms with Crippen molar-refractivity contribution in [2.75, 3.05) is 19.7 Å². The molecule has 0 heterocycles. The van der Waals surface area contributed by atoms with Crippen molar-refractivity contribution in [3.63, 3.8) is 0 Å². The monoisotopic (exact) mass is 459 g/mol. The molecule has 0 fully saturated rings. The lowest BCUT2D eigenvalue weighted by atomic mass is 10.1. The molecule has 0 aromatic heterocycles. The van der Waals surface area contributed by atoms with E-state index in [1.807, 2.05) is 6.08 Å². The Balaban J connectivity index is 0. The maximum atomic E-state index is 11.7. The van der Waals surface area contributed by atoms with E-state index in [1.54, 1.807) is 0 Å². The zero-order valence-corrected chi connectivity index (χ0v) is 20.7. The number of esters is 1. The zero-order chi connectivity index (χ0) is 20.2. The van der Waals surface area contributed by atoms with Crippen LogP contribution in [0.1, 0.15) is 105 Å². The Bertz CT molecular complexity index is 415. The molecule has 4 heteroatoms. The van der Waals surface area contributed by atoms with E-state index in [2.05, 4.69) is 39.1 Å². The summed E-state index contributed by atoms with van der Waals surface area (Å²) in [5.74, 6) is -0.157. The van der Waals surface area contributed by atoms with Crippen molar-refractivity contribution in [1.82, 2.24) is 5.32 Å². The van der Waals surface area contributed by atoms with Crippen LogP contribution in [0.25, 0.3) is 0 Å². The number of nitrogens with one attached hydrogen (secondary N) is 1. The van der Waals surface area contributed by atoms with E-state index in [-0.39, 0.29) is 23.0 Å². The summed E-state index contributed by atoms with van der Waals surface area (Å²) in [7, 11) is 0. The van der Waals surface area contributed by atoms with Crippen molar-refractivity contribution in [1.29, 1.82) is 0 Å². The normalized spacial score (nSPS) is 11.1. The molecule has 0 unspecified atom stereocenters. The van der Waals surface area contributed by atoms with E-state index < -0.39 is 0 Å². The highest BCUT2D eigenvalue weighted by molar-refractivity contribution is 8.93. The fraction of sp³-hybridized carbons (Fsp3) is 0.792. The first-order valence-electron chi connectivity index (χ1n) is 11.2. The van der Waals surface area contributed by atoms with Crippen LogP contribution in [0, 0.1) is 0 Å². The third-order valence-electron chi connectivity index (χ3n) is 4.74. The molecule has 0 bridgehead atoms. The number of unbranched alkanes of at least 4 members (excludes halogenated alkanes) is 9. The van der Waals surface area contributed by atoms with Crippen LogP contribution in [0.2, 0.25) is 0 Å². The number of hydrogen-bond acceptors (Lipinski definition) is 3. The van der Waals surface area contributed by atoms with Gasteiger partial charge in [-0.25, -0.2) is 0 Å². The van der Waals surface area contributed by atoms with Gasteiger partial charge in [0.15, 0.2) is 0 Å². The Hall–Kier alpha value is -0.610. The largest absolute Gasteiger partial charge is 0.460 e. The fourth-order valence-corrected chi connectivity index (χ4v) is 2.95. The van der Waals surface area contributed by atoms with E-state index >= 15 is 0 Å². The number of ether oxygens (including phenoxy) is 1. The lowest BCUT2D eigenvalue weighted by Crippen LogP contribution is -2.25. The van der Waals surface area contributed by atoms with Crippen molar-refractivity contribution in [3.8, 4) is 0 Å². The summed E-state index contributed by atoms with van der Waals surface area (Å²) in [5.41, 5.74) is 2.63. The van der Waals surface area contributed by atoms with Crippen molar-refractivity contribution in [3.05, 3.63) is 23.3 Å². The maximum absolute atomic E-state index is 11.7. The highest BCUT2D eigenvalue weighted by Gasteiger charge is 2.01. The molecule has 0 atom stereocenters. The highest BCUT2D eigenvalue weighted by Crippen LogP contribution is 2.10. The first-order valence-corrected chi connectivity index (χ1v) is 11.2. The van der Waals surface area contributed by atoms with Crippen LogP contribution in [-0.2, 0) is 9.53 Å². The Labute approximate surface area is 185 Å². The summed E-state index contributed by atoms with van der Waals surface area (Å²) in [4.78, 5) is 11.7. The minimum Gasteiger partial charge on any atom is -0.460 e. The average molecular weight is 461 g/mol. The van der Waals surface area contributed by atoms with Crippen molar-refractivity contribution in [2.24, 2.45) is 0 Å². The molecule has 0 amide bonds. The SMILES string of the molecule is Br.CCCCCCCCCCCCNCC(=O)OC/C=C(\C)CCC=C(C)C. The van der Waals surface area contributed by atoms with E-state index in [0.29, 0.717) is 13.2 Å². The van der Waals surface area contributed by atoms with Crippen LogP contribution in [-0.4, -0.2) is 25.7 Å². The maximum Gasteiger partial charge on any atom is 0.320 e. The first kappa shape index (κ1) is 29.6. The van der Waals surface area contributed by atoms with Crippen molar-refractivity contribution < 1.29 is 9.53 Å². The summed E-state index contributed by atoms with van der Waals surface area (Å²) < 4.78 is 5.25. The minimum absolute atomic E-state index is 0. The first-order chi connectivity index (χ1) is 13.1. The van der Waals surface area contributed by atoms with Gasteiger partial charge in [0, 0.05) is 0 Å². The summed E-state index contributed by atoms with van der Waals surface area (Å²) >= 11 is 0. The molecule has 0 aromatic rings. The molecule has 3 nitrogen and oxygen atoms in total. The third-order valence-corrected chi connectivity index (χ3v) is 4.74. The zero-order valence-electron chi connectivity index (χ0n) is 19.0. The molecule has 0 saturated heterocycles. The lowest BCUT2D eigenvalue weighted by molar-refractivity contribution is -0.141. The van der Waals surface area contributed by atoms with Crippen LogP contribution < -0.4 is 5.32 Å². The number of allylic oxidation sites excluding steroid dienone is 3. The number of rotatable bonds is 18. The topological polar surface area (TPSA) is 38.3 Å². The van der Waals surface area contributed by atoms with Gasteiger partial charge in [0.25, 0.3) is 0 Å². The molecule has 0 spiro atoms. The molecule has 1 N–H and O–H groups in total. The van der Waals surface area contributed by atoms with Gasteiger partial charge in [-0.3, -0.25) is 4.79 Å². The number of halogens is 1. The summed E-state index contributed by atoms with van der Waals surface area (Å²) in [6.45, 7) is 10.2. The van der Waals surface area contributed by atoms with Gasteiger partial charge < -0.3 is 10.1 Å². The molecule has 28 heavy (non-hydrogen) atoms. The number of hydrogen-bond donors (Lipinski definition) is 1. The molecule has 0 aromatic carbocycles. The average Bonchev–Trinajstić information content (AvgIpc) is 2.62. The smallest absolute Gasteiger partial charge is 0.320 e. The Morgan fingerprint density at radius 3 is 2.00 bits per heavy atom. The number of carbonyl (C=O) groups excluding carboxylic acids is 1. The molecule has 0 aliphatic carbocycles. The second kappa shape index (κ2) is 22.7. The van der Waals surface area contributed by atoms with Crippen molar-refractivity contribution >= 4 is 23.0 Å². The van der Waals surface area contributed by atoms with Crippen LogP contribution >= 0.6 is 17.0 Å². The minimum atomic E-state index is -0.157. The van der Waals surface area contributed by atoms with Gasteiger partial charge >= 0.3 is 5.97 Å². The molecule has 0 saturated carbocycles. The van der Waals surface area contributed by atoms with Gasteiger partial charge in [0.05, 0.1) is 6.54 Å². The Morgan fingerprint density at radius 1 is 0.857 bits per heavy atom. The molecular weight excluding hydrogens is 414 g/mol. The quantitative estimate of drug-likeness (QED) is 0.132.